The van der Waals surface area contributed by atoms with Gasteiger partial charge in [0.1, 0.15) is 0 Å². The Hall–Kier alpha value is -0.120. The van der Waals surface area contributed by atoms with E-state index in [1.165, 1.54) is 0 Å². The number of piperazine rings is 1. The summed E-state index contributed by atoms with van der Waals surface area (Å²) in [4.78, 5) is 4.96. The molecule has 2 N–H and O–H groups in total. The third kappa shape index (κ3) is 4.04. The highest BCUT2D eigenvalue weighted by Crippen LogP contribution is 2.19. The summed E-state index contributed by atoms with van der Waals surface area (Å²) in [6.07, 6.45) is 1.13. The fourth-order valence-corrected chi connectivity index (χ4v) is 2.51. The summed E-state index contributed by atoms with van der Waals surface area (Å²) in [5, 5.41) is 0. The maximum atomic E-state index is 6.17. The van der Waals surface area contributed by atoms with Crippen molar-refractivity contribution in [3.8, 4) is 0 Å². The van der Waals surface area contributed by atoms with E-state index in [-0.39, 0.29) is 5.54 Å². The van der Waals surface area contributed by atoms with Crippen molar-refractivity contribution in [1.82, 2.24) is 9.80 Å². The van der Waals surface area contributed by atoms with Crippen LogP contribution in [0.1, 0.15) is 34.1 Å². The maximum Gasteiger partial charge on any atom is 0.0277 e. The number of nitrogens with two attached hydrogens (primary N) is 1. The molecule has 16 heavy (non-hydrogen) atoms. The summed E-state index contributed by atoms with van der Waals surface area (Å²) in [6, 6.07) is 0.333. The minimum absolute atomic E-state index is 0.288. The van der Waals surface area contributed by atoms with Crippen LogP contribution in [0, 0.1) is 5.92 Å². The molecule has 0 aromatic carbocycles. The Morgan fingerprint density at radius 1 is 1.25 bits per heavy atom. The highest BCUT2D eigenvalue weighted by Gasteiger charge is 2.31. The van der Waals surface area contributed by atoms with Crippen LogP contribution in [0.2, 0.25) is 0 Å². The third-order valence-corrected chi connectivity index (χ3v) is 3.66. The van der Waals surface area contributed by atoms with Gasteiger partial charge in [-0.15, -0.1) is 0 Å². The minimum Gasteiger partial charge on any atom is -0.327 e. The molecular weight excluding hydrogens is 198 g/mol. The van der Waals surface area contributed by atoms with E-state index in [4.69, 9.17) is 5.73 Å². The largest absolute Gasteiger partial charge is 0.327 e. The third-order valence-electron chi connectivity index (χ3n) is 3.66. The standard InChI is InChI=1S/C13H29N3/c1-11(2)8-12(14)9-16-7-6-15(5)13(3,4)10-16/h11-12H,6-10,14H2,1-5H3. The SMILES string of the molecule is CC(C)CC(N)CN1CCN(C)C(C)(C)C1. The molecule has 3 nitrogen and oxygen atoms in total. The molecule has 3 heteroatoms. The van der Waals surface area contributed by atoms with Crippen molar-refractivity contribution < 1.29 is 0 Å². The van der Waals surface area contributed by atoms with E-state index in [2.05, 4.69) is 44.5 Å². The van der Waals surface area contributed by atoms with Gasteiger partial charge in [-0.2, -0.15) is 0 Å². The molecule has 1 atom stereocenters. The monoisotopic (exact) mass is 227 g/mol. The number of hydrogen-bond acceptors (Lipinski definition) is 3. The van der Waals surface area contributed by atoms with Crippen LogP contribution < -0.4 is 5.73 Å². The van der Waals surface area contributed by atoms with Crippen molar-refractivity contribution >= 4 is 0 Å². The first-order valence-corrected chi connectivity index (χ1v) is 6.50. The Bertz CT molecular complexity index is 213. The molecule has 0 amide bonds. The average Bonchev–Trinajstić information content (AvgIpc) is 2.09. The zero-order chi connectivity index (χ0) is 12.3. The highest BCUT2D eigenvalue weighted by molar-refractivity contribution is 4.89. The first-order valence-electron chi connectivity index (χ1n) is 6.50. The lowest BCUT2D eigenvalue weighted by molar-refractivity contribution is 0.0363. The van der Waals surface area contributed by atoms with Gasteiger partial charge >= 0.3 is 0 Å². The van der Waals surface area contributed by atoms with Gasteiger partial charge in [-0.05, 0) is 33.2 Å². The minimum atomic E-state index is 0.288. The molecule has 0 radical (unpaired) electrons. The second-order valence-electron chi connectivity index (χ2n) is 6.36. The molecule has 0 saturated carbocycles. The van der Waals surface area contributed by atoms with Gasteiger partial charge < -0.3 is 5.73 Å². The fraction of sp³-hybridized carbons (Fsp3) is 1.00. The van der Waals surface area contributed by atoms with Crippen molar-refractivity contribution in [1.29, 1.82) is 0 Å². The van der Waals surface area contributed by atoms with Crippen molar-refractivity contribution in [2.75, 3.05) is 33.2 Å². The zero-order valence-corrected chi connectivity index (χ0v) is 11.7. The predicted octanol–water partition coefficient (Wildman–Crippen LogP) is 1.39. The van der Waals surface area contributed by atoms with Crippen molar-refractivity contribution in [3.05, 3.63) is 0 Å². The van der Waals surface area contributed by atoms with Gasteiger partial charge in [0.25, 0.3) is 0 Å². The number of nitrogens with zero attached hydrogens (tertiary/aromatic N) is 2. The van der Waals surface area contributed by atoms with Crippen LogP contribution in [0.4, 0.5) is 0 Å². The van der Waals surface area contributed by atoms with Gasteiger partial charge in [0.05, 0.1) is 0 Å². The summed E-state index contributed by atoms with van der Waals surface area (Å²) in [5.74, 6) is 0.704. The van der Waals surface area contributed by atoms with Crippen LogP contribution in [0.15, 0.2) is 0 Å². The number of hydrogen-bond donors (Lipinski definition) is 1. The molecular formula is C13H29N3. The van der Waals surface area contributed by atoms with Crippen LogP contribution in [0.5, 0.6) is 0 Å². The van der Waals surface area contributed by atoms with Gasteiger partial charge in [0.15, 0.2) is 0 Å². The first kappa shape index (κ1) is 13.9. The lowest BCUT2D eigenvalue weighted by Gasteiger charge is -2.46. The van der Waals surface area contributed by atoms with E-state index >= 15 is 0 Å². The molecule has 1 fully saturated rings. The molecule has 0 bridgehead atoms. The Labute approximate surface area is 101 Å². The van der Waals surface area contributed by atoms with Gasteiger partial charge in [0.2, 0.25) is 0 Å². The van der Waals surface area contributed by atoms with E-state index in [0.29, 0.717) is 12.0 Å². The van der Waals surface area contributed by atoms with Gasteiger partial charge in [-0.1, -0.05) is 13.8 Å². The predicted molar refractivity (Wildman–Crippen MR) is 70.6 cm³/mol. The van der Waals surface area contributed by atoms with Gasteiger partial charge in [0, 0.05) is 37.8 Å². The average molecular weight is 227 g/mol. The van der Waals surface area contributed by atoms with E-state index < -0.39 is 0 Å². The molecule has 96 valence electrons. The quantitative estimate of drug-likeness (QED) is 0.788. The van der Waals surface area contributed by atoms with Crippen molar-refractivity contribution in [2.45, 2.75) is 45.7 Å². The van der Waals surface area contributed by atoms with Crippen molar-refractivity contribution in [2.24, 2.45) is 11.7 Å². The van der Waals surface area contributed by atoms with Crippen LogP contribution >= 0.6 is 0 Å². The normalized spacial score (nSPS) is 24.9. The van der Waals surface area contributed by atoms with E-state index in [1.54, 1.807) is 0 Å². The highest BCUT2D eigenvalue weighted by atomic mass is 15.3. The van der Waals surface area contributed by atoms with Crippen LogP contribution in [-0.2, 0) is 0 Å². The molecule has 0 spiro atoms. The second kappa shape index (κ2) is 5.48. The molecule has 1 saturated heterocycles. The lowest BCUT2D eigenvalue weighted by atomic mass is 9.98. The van der Waals surface area contributed by atoms with Crippen LogP contribution in [-0.4, -0.2) is 54.6 Å². The fourth-order valence-electron chi connectivity index (χ4n) is 2.51. The maximum absolute atomic E-state index is 6.17. The van der Waals surface area contributed by atoms with E-state index in [9.17, 15) is 0 Å². The summed E-state index contributed by atoms with van der Waals surface area (Å²) in [5.41, 5.74) is 6.46. The summed E-state index contributed by atoms with van der Waals surface area (Å²) >= 11 is 0. The second-order valence-corrected chi connectivity index (χ2v) is 6.36. The van der Waals surface area contributed by atoms with Gasteiger partial charge in [-0.3, -0.25) is 9.80 Å². The zero-order valence-electron chi connectivity index (χ0n) is 11.7. The molecule has 0 aromatic rings. The number of rotatable bonds is 4. The smallest absolute Gasteiger partial charge is 0.0277 e. The molecule has 0 aromatic heterocycles. The number of likely N-dealkylation sites (N-methyl/N-ethyl adjacent to an activating group) is 1. The van der Waals surface area contributed by atoms with E-state index in [1.807, 2.05) is 0 Å². The molecule has 1 aliphatic heterocycles. The van der Waals surface area contributed by atoms with Crippen molar-refractivity contribution in [3.63, 3.8) is 0 Å². The Kier molecular flexibility index (Phi) is 4.77. The van der Waals surface area contributed by atoms with Gasteiger partial charge in [-0.25, -0.2) is 0 Å². The first-order chi connectivity index (χ1) is 7.31. The Balaban J connectivity index is 2.39. The van der Waals surface area contributed by atoms with E-state index in [0.717, 1.165) is 32.6 Å². The van der Waals surface area contributed by atoms with Crippen LogP contribution in [0.25, 0.3) is 0 Å². The molecule has 1 heterocycles. The molecule has 1 rings (SSSR count). The Morgan fingerprint density at radius 3 is 2.38 bits per heavy atom. The lowest BCUT2D eigenvalue weighted by Crippen LogP contribution is -2.59. The summed E-state index contributed by atoms with van der Waals surface area (Å²) < 4.78 is 0. The topological polar surface area (TPSA) is 32.5 Å². The molecule has 0 aliphatic carbocycles. The van der Waals surface area contributed by atoms with Crippen LogP contribution in [0.3, 0.4) is 0 Å². The summed E-state index contributed by atoms with van der Waals surface area (Å²) in [6.45, 7) is 13.6. The summed E-state index contributed by atoms with van der Waals surface area (Å²) in [7, 11) is 2.21. The Morgan fingerprint density at radius 2 is 1.88 bits per heavy atom. The molecule has 1 unspecified atom stereocenters. The molecule has 1 aliphatic rings.